The molecule has 98 valence electrons. The lowest BCUT2D eigenvalue weighted by Gasteiger charge is -2.08. The van der Waals surface area contributed by atoms with Gasteiger partial charge in [0.2, 0.25) is 5.91 Å². The lowest BCUT2D eigenvalue weighted by atomic mass is 10.3. The first-order valence-corrected chi connectivity index (χ1v) is 6.76. The van der Waals surface area contributed by atoms with Crippen LogP contribution in [0.3, 0.4) is 0 Å². The van der Waals surface area contributed by atoms with E-state index in [4.69, 9.17) is 0 Å². The van der Waals surface area contributed by atoms with Crippen LogP contribution < -0.4 is 10.6 Å². The molecule has 2 rings (SSSR count). The van der Waals surface area contributed by atoms with Crippen LogP contribution in [0.1, 0.15) is 0 Å². The minimum absolute atomic E-state index is 0.164. The van der Waals surface area contributed by atoms with Crippen LogP contribution in [0.5, 0.6) is 0 Å². The van der Waals surface area contributed by atoms with Gasteiger partial charge in [0.25, 0.3) is 0 Å². The molecule has 2 aromatic rings. The summed E-state index contributed by atoms with van der Waals surface area (Å²) in [6.07, 6.45) is 0. The molecule has 0 atom stereocenters. The van der Waals surface area contributed by atoms with Gasteiger partial charge in [-0.25, -0.2) is 4.39 Å². The van der Waals surface area contributed by atoms with E-state index in [1.807, 2.05) is 24.3 Å². The minimum Gasteiger partial charge on any atom is -0.376 e. The highest BCUT2D eigenvalue weighted by molar-refractivity contribution is 14.1. The second-order valence-electron chi connectivity index (χ2n) is 3.92. The van der Waals surface area contributed by atoms with Crippen molar-refractivity contribution in [3.05, 3.63) is 57.9 Å². The van der Waals surface area contributed by atoms with Crippen LogP contribution in [-0.2, 0) is 4.79 Å². The normalized spacial score (nSPS) is 10.0. The van der Waals surface area contributed by atoms with Gasteiger partial charge in [0.1, 0.15) is 5.82 Å². The number of rotatable bonds is 4. The zero-order chi connectivity index (χ0) is 13.7. The molecule has 0 heterocycles. The first-order chi connectivity index (χ1) is 9.13. The van der Waals surface area contributed by atoms with Crippen LogP contribution in [0.15, 0.2) is 48.5 Å². The highest BCUT2D eigenvalue weighted by Crippen LogP contribution is 2.12. The quantitative estimate of drug-likeness (QED) is 0.810. The van der Waals surface area contributed by atoms with Gasteiger partial charge in [-0.2, -0.15) is 0 Å². The van der Waals surface area contributed by atoms with Crippen molar-refractivity contribution in [2.24, 2.45) is 0 Å². The van der Waals surface area contributed by atoms with E-state index in [2.05, 4.69) is 33.2 Å². The molecule has 0 aliphatic carbocycles. The predicted octanol–water partition coefficient (Wildman–Crippen LogP) is 3.48. The molecule has 0 spiro atoms. The second kappa shape index (κ2) is 6.51. The number of halogens is 2. The number of hydrogen-bond donors (Lipinski definition) is 2. The number of anilines is 2. The van der Waals surface area contributed by atoms with Crippen LogP contribution in [0.2, 0.25) is 0 Å². The minimum atomic E-state index is -0.324. The first kappa shape index (κ1) is 13.8. The second-order valence-corrected chi connectivity index (χ2v) is 5.16. The number of amides is 1. The molecule has 2 aromatic carbocycles. The van der Waals surface area contributed by atoms with E-state index in [9.17, 15) is 9.18 Å². The van der Waals surface area contributed by atoms with Crippen molar-refractivity contribution in [3.8, 4) is 0 Å². The van der Waals surface area contributed by atoms with Gasteiger partial charge in [-0.15, -0.1) is 0 Å². The Morgan fingerprint density at radius 3 is 2.53 bits per heavy atom. The summed E-state index contributed by atoms with van der Waals surface area (Å²) in [4.78, 5) is 11.7. The summed E-state index contributed by atoms with van der Waals surface area (Å²) in [6, 6.07) is 13.4. The van der Waals surface area contributed by atoms with Crippen molar-refractivity contribution in [2.45, 2.75) is 0 Å². The van der Waals surface area contributed by atoms with Crippen LogP contribution in [-0.4, -0.2) is 12.5 Å². The van der Waals surface area contributed by atoms with Crippen LogP contribution in [0.4, 0.5) is 15.8 Å². The third-order valence-corrected chi connectivity index (χ3v) is 3.08. The topological polar surface area (TPSA) is 41.1 Å². The average molecular weight is 370 g/mol. The Morgan fingerprint density at radius 2 is 1.84 bits per heavy atom. The molecule has 0 aromatic heterocycles. The van der Waals surface area contributed by atoms with E-state index in [0.29, 0.717) is 5.69 Å². The Labute approximate surface area is 124 Å². The Morgan fingerprint density at radius 1 is 1.11 bits per heavy atom. The highest BCUT2D eigenvalue weighted by Gasteiger charge is 2.02. The zero-order valence-electron chi connectivity index (χ0n) is 9.99. The molecule has 0 unspecified atom stereocenters. The maximum Gasteiger partial charge on any atom is 0.243 e. The maximum atomic E-state index is 12.7. The monoisotopic (exact) mass is 370 g/mol. The van der Waals surface area contributed by atoms with Gasteiger partial charge in [0.15, 0.2) is 0 Å². The lowest BCUT2D eigenvalue weighted by molar-refractivity contribution is -0.114. The largest absolute Gasteiger partial charge is 0.376 e. The Hall–Kier alpha value is -1.63. The van der Waals surface area contributed by atoms with Crippen LogP contribution >= 0.6 is 22.6 Å². The summed E-state index contributed by atoms with van der Waals surface area (Å²) < 4.78 is 13.8. The van der Waals surface area contributed by atoms with Gasteiger partial charge in [-0.3, -0.25) is 4.79 Å². The van der Waals surface area contributed by atoms with E-state index < -0.39 is 0 Å². The van der Waals surface area contributed by atoms with Gasteiger partial charge >= 0.3 is 0 Å². The van der Waals surface area contributed by atoms with Gasteiger partial charge in [0.05, 0.1) is 6.54 Å². The molecule has 0 fully saturated rings. The molecule has 0 saturated carbocycles. The molecule has 0 radical (unpaired) electrons. The molecule has 2 N–H and O–H groups in total. The third kappa shape index (κ3) is 4.51. The predicted molar refractivity (Wildman–Crippen MR) is 82.7 cm³/mol. The van der Waals surface area contributed by atoms with E-state index >= 15 is 0 Å². The average Bonchev–Trinajstić information content (AvgIpc) is 2.39. The van der Waals surface area contributed by atoms with Crippen molar-refractivity contribution < 1.29 is 9.18 Å². The summed E-state index contributed by atoms with van der Waals surface area (Å²) in [5, 5.41) is 5.71. The maximum absolute atomic E-state index is 12.7. The SMILES string of the molecule is O=C(CNc1cccc(I)c1)Nc1ccc(F)cc1. The van der Waals surface area contributed by atoms with Gasteiger partial charge in [-0.05, 0) is 65.1 Å². The molecule has 0 bridgehead atoms. The van der Waals surface area contributed by atoms with Crippen molar-refractivity contribution >= 4 is 39.9 Å². The number of carbonyl (C=O) groups is 1. The van der Waals surface area contributed by atoms with Crippen molar-refractivity contribution in [1.29, 1.82) is 0 Å². The molecule has 5 heteroatoms. The van der Waals surface area contributed by atoms with E-state index in [0.717, 1.165) is 9.26 Å². The van der Waals surface area contributed by atoms with E-state index in [-0.39, 0.29) is 18.3 Å². The highest BCUT2D eigenvalue weighted by atomic mass is 127. The lowest BCUT2D eigenvalue weighted by Crippen LogP contribution is -2.21. The molecular formula is C14H12FIN2O. The Kier molecular flexibility index (Phi) is 4.73. The molecule has 0 aliphatic rings. The third-order valence-electron chi connectivity index (χ3n) is 2.41. The van der Waals surface area contributed by atoms with Gasteiger partial charge < -0.3 is 10.6 Å². The zero-order valence-corrected chi connectivity index (χ0v) is 12.1. The summed E-state index contributed by atoms with van der Waals surface area (Å²) >= 11 is 2.21. The number of hydrogen-bond acceptors (Lipinski definition) is 2. The van der Waals surface area contributed by atoms with Crippen LogP contribution in [0.25, 0.3) is 0 Å². The molecule has 1 amide bonds. The fourth-order valence-corrected chi connectivity index (χ4v) is 2.06. The smallest absolute Gasteiger partial charge is 0.243 e. The van der Waals surface area contributed by atoms with Crippen molar-refractivity contribution in [3.63, 3.8) is 0 Å². The van der Waals surface area contributed by atoms with Crippen molar-refractivity contribution in [1.82, 2.24) is 0 Å². The number of nitrogens with one attached hydrogen (secondary N) is 2. The molecule has 19 heavy (non-hydrogen) atoms. The summed E-state index contributed by atoms with van der Waals surface area (Å²) in [5.74, 6) is -0.500. The molecular weight excluding hydrogens is 358 g/mol. The van der Waals surface area contributed by atoms with Crippen LogP contribution in [0, 0.1) is 9.39 Å². The Balaban J connectivity index is 1.86. The van der Waals surface area contributed by atoms with Gasteiger partial charge in [-0.1, -0.05) is 6.07 Å². The van der Waals surface area contributed by atoms with E-state index in [1.165, 1.54) is 24.3 Å². The molecule has 0 saturated heterocycles. The summed E-state index contributed by atoms with van der Waals surface area (Å²) in [5.41, 5.74) is 1.47. The fraction of sp³-hybridized carbons (Fsp3) is 0.0714. The molecule has 3 nitrogen and oxygen atoms in total. The summed E-state index contributed by atoms with van der Waals surface area (Å²) in [6.45, 7) is 0.164. The fourth-order valence-electron chi connectivity index (χ4n) is 1.52. The number of benzene rings is 2. The Bertz CT molecular complexity index is 572. The number of carbonyl (C=O) groups excluding carboxylic acids is 1. The van der Waals surface area contributed by atoms with Crippen molar-refractivity contribution in [2.75, 3.05) is 17.2 Å². The van der Waals surface area contributed by atoms with Gasteiger partial charge in [0, 0.05) is 14.9 Å². The van der Waals surface area contributed by atoms with E-state index in [1.54, 1.807) is 0 Å². The molecule has 0 aliphatic heterocycles. The summed E-state index contributed by atoms with van der Waals surface area (Å²) in [7, 11) is 0. The standard InChI is InChI=1S/C14H12FIN2O/c15-10-4-6-12(7-5-10)18-14(19)9-17-13-3-1-2-11(16)8-13/h1-8,17H,9H2,(H,18,19). The first-order valence-electron chi connectivity index (χ1n) is 5.68.